The fourth-order valence-electron chi connectivity index (χ4n) is 1.67. The molecular formula is C13H16BrNO6S. The minimum atomic E-state index is -4.06. The molecule has 0 aromatic heterocycles. The topological polar surface area (TPSA) is 110 Å². The van der Waals surface area contributed by atoms with E-state index in [0.717, 1.165) is 0 Å². The van der Waals surface area contributed by atoms with E-state index in [1.54, 1.807) is 13.8 Å². The number of carboxylic acid groups (broad SMARTS) is 1. The third-order valence-corrected chi connectivity index (χ3v) is 5.28. The van der Waals surface area contributed by atoms with Crippen LogP contribution in [0.4, 0.5) is 0 Å². The summed E-state index contributed by atoms with van der Waals surface area (Å²) in [6, 6.07) is 2.54. The van der Waals surface area contributed by atoms with Gasteiger partial charge >= 0.3 is 11.9 Å². The molecule has 0 aliphatic carbocycles. The molecule has 1 aromatic rings. The highest BCUT2D eigenvalue weighted by molar-refractivity contribution is 9.10. The summed E-state index contributed by atoms with van der Waals surface area (Å²) in [7, 11) is -2.85. The van der Waals surface area contributed by atoms with Crippen LogP contribution >= 0.6 is 15.9 Å². The molecule has 1 atom stereocenters. The molecule has 0 radical (unpaired) electrons. The molecule has 9 heteroatoms. The van der Waals surface area contributed by atoms with Crippen molar-refractivity contribution in [1.82, 2.24) is 4.72 Å². The van der Waals surface area contributed by atoms with E-state index < -0.39 is 33.9 Å². The van der Waals surface area contributed by atoms with Gasteiger partial charge in [0.1, 0.15) is 6.04 Å². The van der Waals surface area contributed by atoms with Crippen LogP contribution in [0, 0.1) is 5.92 Å². The van der Waals surface area contributed by atoms with E-state index in [1.807, 2.05) is 0 Å². The summed E-state index contributed by atoms with van der Waals surface area (Å²) in [6.45, 7) is 3.19. The monoisotopic (exact) mass is 393 g/mol. The van der Waals surface area contributed by atoms with Gasteiger partial charge in [-0.15, -0.1) is 0 Å². The number of nitrogens with one attached hydrogen (secondary N) is 1. The number of halogens is 1. The SMILES string of the molecule is COC(=O)c1ccc(S(=O)(=O)N[C@@H](C(=O)O)C(C)C)c(Br)c1. The summed E-state index contributed by atoms with van der Waals surface area (Å²) < 4.78 is 31.4. The van der Waals surface area contributed by atoms with Gasteiger partial charge in [-0.05, 0) is 40.0 Å². The van der Waals surface area contributed by atoms with Crippen LogP contribution in [0.15, 0.2) is 27.6 Å². The van der Waals surface area contributed by atoms with Gasteiger partial charge in [0.15, 0.2) is 0 Å². The first-order valence-electron chi connectivity index (χ1n) is 6.23. The van der Waals surface area contributed by atoms with Crippen LogP contribution in [0.1, 0.15) is 24.2 Å². The van der Waals surface area contributed by atoms with Crippen LogP contribution in [0.5, 0.6) is 0 Å². The molecule has 122 valence electrons. The Hall–Kier alpha value is -1.45. The number of aliphatic carboxylic acids is 1. The normalized spacial score (nSPS) is 13.0. The average Bonchev–Trinajstić information content (AvgIpc) is 2.42. The molecule has 0 saturated carbocycles. The summed E-state index contributed by atoms with van der Waals surface area (Å²) in [6.07, 6.45) is 0. The van der Waals surface area contributed by atoms with Crippen LogP contribution in [-0.2, 0) is 19.6 Å². The van der Waals surface area contributed by atoms with Gasteiger partial charge in [-0.2, -0.15) is 4.72 Å². The number of esters is 1. The number of hydrogen-bond acceptors (Lipinski definition) is 5. The second-order valence-electron chi connectivity index (χ2n) is 4.82. The van der Waals surface area contributed by atoms with Crippen molar-refractivity contribution in [3.05, 3.63) is 28.2 Å². The molecule has 0 fully saturated rings. The fourth-order valence-corrected chi connectivity index (χ4v) is 4.08. The number of rotatable bonds is 6. The predicted octanol–water partition coefficient (Wildman–Crippen LogP) is 1.62. The zero-order chi connectivity index (χ0) is 17.1. The van der Waals surface area contributed by atoms with Gasteiger partial charge < -0.3 is 9.84 Å². The van der Waals surface area contributed by atoms with Crippen molar-refractivity contribution in [2.75, 3.05) is 7.11 Å². The van der Waals surface area contributed by atoms with Crippen LogP contribution in [0.2, 0.25) is 0 Å². The molecule has 0 bridgehead atoms. The molecule has 0 aliphatic heterocycles. The number of sulfonamides is 1. The minimum Gasteiger partial charge on any atom is -0.480 e. The molecule has 1 rings (SSSR count). The number of carbonyl (C=O) groups is 2. The lowest BCUT2D eigenvalue weighted by Gasteiger charge is -2.18. The van der Waals surface area contributed by atoms with E-state index in [1.165, 1.54) is 25.3 Å². The van der Waals surface area contributed by atoms with Gasteiger partial charge in [-0.25, -0.2) is 13.2 Å². The lowest BCUT2D eigenvalue weighted by atomic mass is 10.1. The van der Waals surface area contributed by atoms with Crippen molar-refractivity contribution in [3.8, 4) is 0 Å². The predicted molar refractivity (Wildman–Crippen MR) is 82.1 cm³/mol. The van der Waals surface area contributed by atoms with Gasteiger partial charge in [0.05, 0.1) is 17.6 Å². The second-order valence-corrected chi connectivity index (χ2v) is 7.35. The van der Waals surface area contributed by atoms with Crippen molar-refractivity contribution in [2.24, 2.45) is 5.92 Å². The Kier molecular flexibility index (Phi) is 6.09. The Bertz CT molecular complexity index is 686. The molecule has 0 heterocycles. The molecule has 2 N–H and O–H groups in total. The van der Waals surface area contributed by atoms with Gasteiger partial charge in [0, 0.05) is 4.47 Å². The molecule has 0 spiro atoms. The smallest absolute Gasteiger partial charge is 0.337 e. The highest BCUT2D eigenvalue weighted by Gasteiger charge is 2.29. The summed E-state index contributed by atoms with van der Waals surface area (Å²) in [5.41, 5.74) is 0.173. The van der Waals surface area contributed by atoms with E-state index in [-0.39, 0.29) is 14.9 Å². The van der Waals surface area contributed by atoms with Crippen molar-refractivity contribution in [2.45, 2.75) is 24.8 Å². The van der Waals surface area contributed by atoms with Gasteiger partial charge in [-0.3, -0.25) is 4.79 Å². The Morgan fingerprint density at radius 1 is 1.32 bits per heavy atom. The first-order chi connectivity index (χ1) is 10.1. The van der Waals surface area contributed by atoms with E-state index in [2.05, 4.69) is 25.4 Å². The molecule has 0 aliphatic rings. The van der Waals surface area contributed by atoms with Crippen molar-refractivity contribution in [3.63, 3.8) is 0 Å². The van der Waals surface area contributed by atoms with Gasteiger partial charge in [0.25, 0.3) is 0 Å². The maximum Gasteiger partial charge on any atom is 0.337 e. The maximum atomic E-state index is 12.3. The lowest BCUT2D eigenvalue weighted by molar-refractivity contribution is -0.140. The molecule has 0 unspecified atom stereocenters. The minimum absolute atomic E-state index is 0.135. The summed E-state index contributed by atoms with van der Waals surface area (Å²) >= 11 is 3.07. The standard InChI is InChI=1S/C13H16BrNO6S/c1-7(2)11(12(16)17)15-22(19,20)10-5-4-8(6-9(10)14)13(18)21-3/h4-7,11,15H,1-3H3,(H,16,17)/t11-/m1/s1. The maximum absolute atomic E-state index is 12.3. The summed E-state index contributed by atoms with van der Waals surface area (Å²) in [4.78, 5) is 22.4. The average molecular weight is 394 g/mol. The first kappa shape index (κ1) is 18.6. The molecule has 0 amide bonds. The van der Waals surface area contributed by atoms with E-state index >= 15 is 0 Å². The first-order valence-corrected chi connectivity index (χ1v) is 8.50. The molecule has 1 aromatic carbocycles. The number of carboxylic acids is 1. The Morgan fingerprint density at radius 3 is 2.32 bits per heavy atom. The van der Waals surface area contributed by atoms with Crippen molar-refractivity contribution < 1.29 is 27.9 Å². The Balaban J connectivity index is 3.18. The zero-order valence-electron chi connectivity index (χ0n) is 12.2. The largest absolute Gasteiger partial charge is 0.480 e. The molecule has 22 heavy (non-hydrogen) atoms. The number of benzene rings is 1. The van der Waals surface area contributed by atoms with Gasteiger partial charge in [-0.1, -0.05) is 13.8 Å². The number of carbonyl (C=O) groups excluding carboxylic acids is 1. The third kappa shape index (κ3) is 4.28. The number of ether oxygens (including phenoxy) is 1. The van der Waals surface area contributed by atoms with Crippen LogP contribution in [0.3, 0.4) is 0 Å². The van der Waals surface area contributed by atoms with Crippen LogP contribution < -0.4 is 4.72 Å². The summed E-state index contributed by atoms with van der Waals surface area (Å²) in [5.74, 6) is -2.30. The molecule has 7 nitrogen and oxygen atoms in total. The highest BCUT2D eigenvalue weighted by Crippen LogP contribution is 2.24. The van der Waals surface area contributed by atoms with Crippen LogP contribution in [0.25, 0.3) is 0 Å². The lowest BCUT2D eigenvalue weighted by Crippen LogP contribution is -2.44. The highest BCUT2D eigenvalue weighted by atomic mass is 79.9. The third-order valence-electron chi connectivity index (χ3n) is 2.86. The fraction of sp³-hybridized carbons (Fsp3) is 0.385. The van der Waals surface area contributed by atoms with E-state index in [0.29, 0.717) is 0 Å². The van der Waals surface area contributed by atoms with Crippen molar-refractivity contribution in [1.29, 1.82) is 0 Å². The summed E-state index contributed by atoms with van der Waals surface area (Å²) in [5, 5.41) is 9.07. The van der Waals surface area contributed by atoms with Crippen molar-refractivity contribution >= 4 is 37.9 Å². The van der Waals surface area contributed by atoms with Crippen LogP contribution in [-0.4, -0.2) is 38.6 Å². The Morgan fingerprint density at radius 2 is 1.91 bits per heavy atom. The zero-order valence-corrected chi connectivity index (χ0v) is 14.6. The second kappa shape index (κ2) is 7.21. The number of hydrogen-bond donors (Lipinski definition) is 2. The van der Waals surface area contributed by atoms with E-state index in [4.69, 9.17) is 5.11 Å². The van der Waals surface area contributed by atoms with E-state index in [9.17, 15) is 18.0 Å². The van der Waals surface area contributed by atoms with Gasteiger partial charge in [0.2, 0.25) is 10.0 Å². The molecular weight excluding hydrogens is 378 g/mol. The Labute approximate surface area is 136 Å². The number of methoxy groups -OCH3 is 1. The molecule has 0 saturated heterocycles. The quantitative estimate of drug-likeness (QED) is 0.710.